The molecule has 2 saturated heterocycles. The van der Waals surface area contributed by atoms with E-state index in [1.807, 2.05) is 24.1 Å². The molecule has 0 unspecified atom stereocenters. The Labute approximate surface area is 131 Å². The second-order valence-electron chi connectivity index (χ2n) is 6.22. The maximum atomic E-state index is 12.0. The van der Waals surface area contributed by atoms with Gasteiger partial charge in [-0.2, -0.15) is 0 Å². The number of likely N-dealkylation sites (tertiary alicyclic amines) is 1. The van der Waals surface area contributed by atoms with Gasteiger partial charge in [-0.25, -0.2) is 0 Å². The molecule has 2 heterocycles. The van der Waals surface area contributed by atoms with Gasteiger partial charge >= 0.3 is 0 Å². The molecule has 1 aromatic rings. The van der Waals surface area contributed by atoms with Crippen molar-refractivity contribution < 1.29 is 14.3 Å². The molecule has 0 aromatic heterocycles. The number of piperidine rings is 1. The normalized spacial score (nSPS) is 26.5. The van der Waals surface area contributed by atoms with Gasteiger partial charge in [-0.15, -0.1) is 0 Å². The Morgan fingerprint density at radius 2 is 2.27 bits per heavy atom. The molecule has 2 aliphatic heterocycles. The van der Waals surface area contributed by atoms with Gasteiger partial charge < -0.3 is 14.4 Å². The van der Waals surface area contributed by atoms with Crippen LogP contribution in [-0.2, 0) is 16.1 Å². The van der Waals surface area contributed by atoms with Crippen LogP contribution < -0.4 is 4.74 Å². The molecular weight excluding hydrogens is 280 g/mol. The van der Waals surface area contributed by atoms with Crippen LogP contribution in [0.25, 0.3) is 0 Å². The molecule has 2 atom stereocenters. The standard InChI is InChI=1S/C17H24N2O3/c1-18-16-10-19(7-6-14(16)11-22-12-17(18)20)9-13-4-3-5-15(8-13)21-2/h3-5,8,14,16H,6-7,9-12H2,1-2H3/t14-,16-/m0/s1. The molecule has 1 aromatic carbocycles. The van der Waals surface area contributed by atoms with Crippen molar-refractivity contribution in [2.45, 2.75) is 19.0 Å². The molecule has 0 aliphatic carbocycles. The van der Waals surface area contributed by atoms with E-state index in [9.17, 15) is 4.79 Å². The number of rotatable bonds is 3. The first-order valence-corrected chi connectivity index (χ1v) is 7.86. The highest BCUT2D eigenvalue weighted by Gasteiger charge is 2.36. The lowest BCUT2D eigenvalue weighted by atomic mass is 9.91. The number of carbonyl (C=O) groups excluding carboxylic acids is 1. The lowest BCUT2D eigenvalue weighted by molar-refractivity contribution is -0.134. The van der Waals surface area contributed by atoms with Gasteiger partial charge in [0.15, 0.2) is 0 Å². The molecule has 1 amide bonds. The van der Waals surface area contributed by atoms with E-state index in [-0.39, 0.29) is 18.6 Å². The predicted molar refractivity (Wildman–Crippen MR) is 83.8 cm³/mol. The number of ether oxygens (including phenoxy) is 2. The minimum Gasteiger partial charge on any atom is -0.497 e. The van der Waals surface area contributed by atoms with Crippen molar-refractivity contribution in [1.29, 1.82) is 0 Å². The second-order valence-corrected chi connectivity index (χ2v) is 6.22. The third-order valence-corrected chi connectivity index (χ3v) is 4.79. The van der Waals surface area contributed by atoms with Crippen LogP contribution in [0.5, 0.6) is 5.75 Å². The van der Waals surface area contributed by atoms with E-state index in [0.717, 1.165) is 31.8 Å². The van der Waals surface area contributed by atoms with Crippen molar-refractivity contribution in [1.82, 2.24) is 9.80 Å². The van der Waals surface area contributed by atoms with Crippen LogP contribution in [0.1, 0.15) is 12.0 Å². The average Bonchev–Trinajstić information content (AvgIpc) is 2.68. The molecule has 5 nitrogen and oxygen atoms in total. The van der Waals surface area contributed by atoms with Crippen LogP contribution in [-0.4, -0.2) is 62.2 Å². The molecule has 0 spiro atoms. The topological polar surface area (TPSA) is 42.0 Å². The third kappa shape index (κ3) is 3.25. The third-order valence-electron chi connectivity index (χ3n) is 4.79. The summed E-state index contributed by atoms with van der Waals surface area (Å²) >= 11 is 0. The van der Waals surface area contributed by atoms with E-state index >= 15 is 0 Å². The quantitative estimate of drug-likeness (QED) is 0.846. The van der Waals surface area contributed by atoms with Crippen molar-refractivity contribution in [2.24, 2.45) is 5.92 Å². The zero-order chi connectivity index (χ0) is 15.5. The number of methoxy groups -OCH3 is 1. The highest BCUT2D eigenvalue weighted by molar-refractivity contribution is 5.77. The zero-order valence-electron chi connectivity index (χ0n) is 13.3. The maximum Gasteiger partial charge on any atom is 0.248 e. The van der Waals surface area contributed by atoms with Gasteiger partial charge in [0.1, 0.15) is 12.4 Å². The van der Waals surface area contributed by atoms with Gasteiger partial charge in [-0.3, -0.25) is 9.69 Å². The maximum absolute atomic E-state index is 12.0. The number of nitrogens with zero attached hydrogens (tertiary/aromatic N) is 2. The monoisotopic (exact) mass is 304 g/mol. The summed E-state index contributed by atoms with van der Waals surface area (Å²) < 4.78 is 10.8. The Kier molecular flexibility index (Phi) is 4.64. The fourth-order valence-electron chi connectivity index (χ4n) is 3.44. The van der Waals surface area contributed by atoms with Crippen molar-refractivity contribution in [2.75, 3.05) is 40.5 Å². The number of fused-ring (bicyclic) bond motifs is 1. The van der Waals surface area contributed by atoms with Gasteiger partial charge in [0.2, 0.25) is 5.91 Å². The first-order valence-electron chi connectivity index (χ1n) is 7.86. The second kappa shape index (κ2) is 6.67. The summed E-state index contributed by atoms with van der Waals surface area (Å²) in [5.41, 5.74) is 1.25. The van der Waals surface area contributed by atoms with Crippen molar-refractivity contribution in [3.05, 3.63) is 29.8 Å². The Morgan fingerprint density at radius 3 is 3.09 bits per heavy atom. The Balaban J connectivity index is 1.67. The minimum atomic E-state index is 0.0933. The summed E-state index contributed by atoms with van der Waals surface area (Å²) in [5.74, 6) is 1.44. The smallest absolute Gasteiger partial charge is 0.248 e. The lowest BCUT2D eigenvalue weighted by Gasteiger charge is -2.41. The van der Waals surface area contributed by atoms with Crippen LogP contribution >= 0.6 is 0 Å². The largest absolute Gasteiger partial charge is 0.497 e. The highest BCUT2D eigenvalue weighted by Crippen LogP contribution is 2.26. The van der Waals surface area contributed by atoms with Gasteiger partial charge in [-0.1, -0.05) is 12.1 Å². The average molecular weight is 304 g/mol. The van der Waals surface area contributed by atoms with E-state index in [0.29, 0.717) is 12.5 Å². The number of likely N-dealkylation sites (N-methyl/N-ethyl adjacent to an activating group) is 1. The molecule has 0 saturated carbocycles. The molecule has 0 bridgehead atoms. The van der Waals surface area contributed by atoms with Crippen LogP contribution in [0.4, 0.5) is 0 Å². The number of amides is 1. The lowest BCUT2D eigenvalue weighted by Crippen LogP contribution is -2.52. The Morgan fingerprint density at radius 1 is 1.41 bits per heavy atom. The molecule has 0 N–H and O–H groups in total. The summed E-state index contributed by atoms with van der Waals surface area (Å²) in [5, 5.41) is 0. The van der Waals surface area contributed by atoms with Crippen molar-refractivity contribution in [3.63, 3.8) is 0 Å². The SMILES string of the molecule is COc1cccc(CN2CC[C@H]3COCC(=O)N(C)[C@H]3C2)c1. The Hall–Kier alpha value is -1.59. The van der Waals surface area contributed by atoms with E-state index in [2.05, 4.69) is 17.0 Å². The van der Waals surface area contributed by atoms with Gasteiger partial charge in [0.25, 0.3) is 0 Å². The molecule has 22 heavy (non-hydrogen) atoms. The summed E-state index contributed by atoms with van der Waals surface area (Å²) in [6.45, 7) is 3.77. The van der Waals surface area contributed by atoms with E-state index in [1.165, 1.54) is 5.56 Å². The summed E-state index contributed by atoms with van der Waals surface area (Å²) in [4.78, 5) is 16.3. The zero-order valence-corrected chi connectivity index (χ0v) is 13.3. The summed E-state index contributed by atoms with van der Waals surface area (Å²) in [6, 6.07) is 8.45. The molecule has 3 rings (SSSR count). The van der Waals surface area contributed by atoms with Crippen LogP contribution in [0, 0.1) is 5.92 Å². The van der Waals surface area contributed by atoms with E-state index < -0.39 is 0 Å². The van der Waals surface area contributed by atoms with Crippen LogP contribution in [0.3, 0.4) is 0 Å². The molecule has 120 valence electrons. The number of hydrogen-bond donors (Lipinski definition) is 0. The highest BCUT2D eigenvalue weighted by atomic mass is 16.5. The number of hydrogen-bond acceptors (Lipinski definition) is 4. The Bertz CT molecular complexity index is 534. The minimum absolute atomic E-state index is 0.0933. The van der Waals surface area contributed by atoms with Crippen molar-refractivity contribution in [3.8, 4) is 5.75 Å². The summed E-state index contributed by atoms with van der Waals surface area (Å²) in [6.07, 6.45) is 1.08. The molecule has 2 fully saturated rings. The predicted octanol–water partition coefficient (Wildman–Crippen LogP) is 1.37. The fraction of sp³-hybridized carbons (Fsp3) is 0.588. The molecular formula is C17H24N2O3. The summed E-state index contributed by atoms with van der Waals surface area (Å²) in [7, 11) is 3.60. The fourth-order valence-corrected chi connectivity index (χ4v) is 3.44. The molecule has 0 radical (unpaired) electrons. The van der Waals surface area contributed by atoms with E-state index in [1.54, 1.807) is 7.11 Å². The van der Waals surface area contributed by atoms with E-state index in [4.69, 9.17) is 9.47 Å². The van der Waals surface area contributed by atoms with Crippen LogP contribution in [0.15, 0.2) is 24.3 Å². The van der Waals surface area contributed by atoms with Crippen LogP contribution in [0.2, 0.25) is 0 Å². The first kappa shape index (κ1) is 15.3. The van der Waals surface area contributed by atoms with Gasteiger partial charge in [0.05, 0.1) is 13.7 Å². The number of carbonyl (C=O) groups is 1. The first-order chi connectivity index (χ1) is 10.7. The van der Waals surface area contributed by atoms with Gasteiger partial charge in [-0.05, 0) is 30.7 Å². The van der Waals surface area contributed by atoms with Gasteiger partial charge in [0, 0.05) is 32.1 Å². The molecule has 2 aliphatic rings. The molecule has 5 heteroatoms. The number of benzene rings is 1. The van der Waals surface area contributed by atoms with Crippen molar-refractivity contribution >= 4 is 5.91 Å².